The zero-order valence-electron chi connectivity index (χ0n) is 13.0. The van der Waals surface area contributed by atoms with Crippen LogP contribution in [-0.2, 0) is 0 Å². The maximum absolute atomic E-state index is 5.65. The average Bonchev–Trinajstić information content (AvgIpc) is 2.82. The highest BCUT2D eigenvalue weighted by Crippen LogP contribution is 2.18. The van der Waals surface area contributed by atoms with E-state index in [4.69, 9.17) is 4.74 Å². The second-order valence-electron chi connectivity index (χ2n) is 5.64. The van der Waals surface area contributed by atoms with Crippen molar-refractivity contribution < 1.29 is 4.74 Å². The van der Waals surface area contributed by atoms with E-state index in [1.165, 1.54) is 19.4 Å². The maximum Gasteiger partial charge on any atom is 0.226 e. The first-order valence-electron chi connectivity index (χ1n) is 7.58. The Morgan fingerprint density at radius 3 is 2.95 bits per heavy atom. The minimum Gasteiger partial charge on any atom is -0.475 e. The molecule has 1 N–H and O–H groups in total. The number of likely N-dealkylation sites (N-methyl/N-ethyl adjacent to an activating group) is 1. The van der Waals surface area contributed by atoms with Crippen molar-refractivity contribution in [3.63, 3.8) is 0 Å². The van der Waals surface area contributed by atoms with Crippen molar-refractivity contribution in [3.8, 4) is 5.88 Å². The molecule has 1 aromatic heterocycles. The molecule has 5 nitrogen and oxygen atoms in total. The summed E-state index contributed by atoms with van der Waals surface area (Å²) in [6, 6.07) is 2.47. The van der Waals surface area contributed by atoms with E-state index in [2.05, 4.69) is 27.1 Å². The summed E-state index contributed by atoms with van der Waals surface area (Å²) in [7, 11) is 0. The first kappa shape index (κ1) is 15.0. The number of nitrogens with one attached hydrogen (secondary N) is 1. The summed E-state index contributed by atoms with van der Waals surface area (Å²) < 4.78 is 5.65. The number of hydrogen-bond donors (Lipinski definition) is 1. The van der Waals surface area contributed by atoms with Crippen LogP contribution in [0.15, 0.2) is 6.07 Å². The smallest absolute Gasteiger partial charge is 0.226 e. The number of aryl methyl sites for hydroxylation is 1. The third-order valence-electron chi connectivity index (χ3n) is 3.59. The lowest BCUT2D eigenvalue weighted by molar-refractivity contribution is 0.232. The van der Waals surface area contributed by atoms with E-state index in [1.54, 1.807) is 0 Å². The molecule has 5 heteroatoms. The van der Waals surface area contributed by atoms with E-state index < -0.39 is 0 Å². The van der Waals surface area contributed by atoms with E-state index in [9.17, 15) is 0 Å². The Morgan fingerprint density at radius 2 is 2.25 bits per heavy atom. The van der Waals surface area contributed by atoms with E-state index in [0.717, 1.165) is 18.8 Å². The molecule has 0 radical (unpaired) electrons. The van der Waals surface area contributed by atoms with Gasteiger partial charge in [0, 0.05) is 24.3 Å². The number of ether oxygens (including phenoxy) is 1. The Balaban J connectivity index is 1.96. The molecule has 1 fully saturated rings. The number of rotatable bonds is 6. The molecule has 2 rings (SSSR count). The number of likely N-dealkylation sites (tertiary alicyclic amines) is 1. The van der Waals surface area contributed by atoms with Crippen LogP contribution in [0.4, 0.5) is 5.95 Å². The predicted octanol–water partition coefficient (Wildman–Crippen LogP) is 2.47. The zero-order chi connectivity index (χ0) is 14.5. The Morgan fingerprint density at radius 1 is 1.45 bits per heavy atom. The van der Waals surface area contributed by atoms with Crippen molar-refractivity contribution in [2.45, 2.75) is 52.7 Å². The lowest BCUT2D eigenvalue weighted by Crippen LogP contribution is -2.35. The van der Waals surface area contributed by atoms with Crippen LogP contribution < -0.4 is 10.1 Å². The molecule has 1 aromatic rings. The Kier molecular flexibility index (Phi) is 5.17. The van der Waals surface area contributed by atoms with Gasteiger partial charge in [-0.25, -0.2) is 4.98 Å². The molecule has 20 heavy (non-hydrogen) atoms. The molecule has 1 aliphatic heterocycles. The van der Waals surface area contributed by atoms with Crippen LogP contribution in [0.3, 0.4) is 0 Å². The summed E-state index contributed by atoms with van der Waals surface area (Å²) >= 11 is 0. The van der Waals surface area contributed by atoms with Crippen LogP contribution >= 0.6 is 0 Å². The summed E-state index contributed by atoms with van der Waals surface area (Å²) in [5.41, 5.74) is 0.928. The molecule has 112 valence electrons. The van der Waals surface area contributed by atoms with Gasteiger partial charge in [-0.15, -0.1) is 0 Å². The Bertz CT molecular complexity index is 436. The van der Waals surface area contributed by atoms with Crippen LogP contribution in [-0.4, -0.2) is 46.6 Å². The molecular formula is C15H26N4O. The van der Waals surface area contributed by atoms with E-state index in [-0.39, 0.29) is 6.10 Å². The van der Waals surface area contributed by atoms with Crippen LogP contribution in [0.1, 0.15) is 39.3 Å². The van der Waals surface area contributed by atoms with E-state index in [0.29, 0.717) is 17.9 Å². The molecule has 0 spiro atoms. The second kappa shape index (κ2) is 6.88. The van der Waals surface area contributed by atoms with Crippen molar-refractivity contribution in [2.75, 3.05) is 25.0 Å². The van der Waals surface area contributed by atoms with Crippen LogP contribution in [0.2, 0.25) is 0 Å². The molecule has 0 amide bonds. The van der Waals surface area contributed by atoms with Gasteiger partial charge in [0.15, 0.2) is 0 Å². The quantitative estimate of drug-likeness (QED) is 0.866. The largest absolute Gasteiger partial charge is 0.475 e. The second-order valence-corrected chi connectivity index (χ2v) is 5.64. The molecule has 0 aromatic carbocycles. The normalized spacial score (nSPS) is 19.6. The highest BCUT2D eigenvalue weighted by atomic mass is 16.5. The summed E-state index contributed by atoms with van der Waals surface area (Å²) in [6.45, 7) is 11.4. The first-order chi connectivity index (χ1) is 9.58. The van der Waals surface area contributed by atoms with E-state index >= 15 is 0 Å². The minimum absolute atomic E-state index is 0.127. The standard InChI is InChI=1S/C15H26N4O/c1-5-19-8-6-7-13(19)10-16-15-17-12(4)9-14(18-15)20-11(2)3/h9,11,13H,5-8,10H2,1-4H3,(H,16,17,18). The van der Waals surface area contributed by atoms with Gasteiger partial charge >= 0.3 is 0 Å². The Labute approximate surface area is 121 Å². The molecular weight excluding hydrogens is 252 g/mol. The lowest BCUT2D eigenvalue weighted by atomic mass is 10.2. The predicted molar refractivity (Wildman–Crippen MR) is 81.3 cm³/mol. The lowest BCUT2D eigenvalue weighted by Gasteiger charge is -2.23. The van der Waals surface area contributed by atoms with Gasteiger partial charge in [-0.2, -0.15) is 4.98 Å². The van der Waals surface area contributed by atoms with Gasteiger partial charge in [0.1, 0.15) is 0 Å². The molecule has 1 saturated heterocycles. The van der Waals surface area contributed by atoms with Gasteiger partial charge in [-0.05, 0) is 46.7 Å². The van der Waals surface area contributed by atoms with Crippen molar-refractivity contribution >= 4 is 5.95 Å². The third-order valence-corrected chi connectivity index (χ3v) is 3.59. The molecule has 1 aliphatic rings. The van der Waals surface area contributed by atoms with Crippen molar-refractivity contribution in [1.29, 1.82) is 0 Å². The van der Waals surface area contributed by atoms with Crippen molar-refractivity contribution in [3.05, 3.63) is 11.8 Å². The molecule has 1 unspecified atom stereocenters. The average molecular weight is 278 g/mol. The summed E-state index contributed by atoms with van der Waals surface area (Å²) in [5.74, 6) is 1.32. The molecule has 0 aliphatic carbocycles. The number of anilines is 1. The van der Waals surface area contributed by atoms with Crippen molar-refractivity contribution in [1.82, 2.24) is 14.9 Å². The SMILES string of the molecule is CCN1CCCC1CNc1nc(C)cc(OC(C)C)n1. The molecule has 0 saturated carbocycles. The maximum atomic E-state index is 5.65. The topological polar surface area (TPSA) is 50.3 Å². The molecule has 1 atom stereocenters. The van der Waals surface area contributed by atoms with Gasteiger partial charge in [-0.1, -0.05) is 6.92 Å². The van der Waals surface area contributed by atoms with Gasteiger partial charge in [-0.3, -0.25) is 4.90 Å². The van der Waals surface area contributed by atoms with Crippen LogP contribution in [0.5, 0.6) is 5.88 Å². The van der Waals surface area contributed by atoms with Gasteiger partial charge in [0.25, 0.3) is 0 Å². The van der Waals surface area contributed by atoms with Crippen LogP contribution in [0, 0.1) is 6.92 Å². The van der Waals surface area contributed by atoms with E-state index in [1.807, 2.05) is 26.8 Å². The minimum atomic E-state index is 0.127. The fourth-order valence-corrected chi connectivity index (χ4v) is 2.67. The fraction of sp³-hybridized carbons (Fsp3) is 0.733. The Hall–Kier alpha value is -1.36. The summed E-state index contributed by atoms with van der Waals surface area (Å²) in [5, 5.41) is 3.36. The third kappa shape index (κ3) is 4.07. The highest BCUT2D eigenvalue weighted by Gasteiger charge is 2.22. The zero-order valence-corrected chi connectivity index (χ0v) is 13.0. The highest BCUT2D eigenvalue weighted by molar-refractivity contribution is 5.31. The van der Waals surface area contributed by atoms with Crippen molar-refractivity contribution in [2.24, 2.45) is 0 Å². The monoisotopic (exact) mass is 278 g/mol. The number of aromatic nitrogens is 2. The number of nitrogens with zero attached hydrogens (tertiary/aromatic N) is 3. The van der Waals surface area contributed by atoms with Crippen LogP contribution in [0.25, 0.3) is 0 Å². The van der Waals surface area contributed by atoms with Gasteiger partial charge in [0.2, 0.25) is 11.8 Å². The molecule has 2 heterocycles. The van der Waals surface area contributed by atoms with Gasteiger partial charge < -0.3 is 10.1 Å². The summed E-state index contributed by atoms with van der Waals surface area (Å²) in [4.78, 5) is 11.4. The molecule has 0 bridgehead atoms. The number of hydrogen-bond acceptors (Lipinski definition) is 5. The first-order valence-corrected chi connectivity index (χ1v) is 7.58. The van der Waals surface area contributed by atoms with Gasteiger partial charge in [0.05, 0.1) is 6.10 Å². The fourth-order valence-electron chi connectivity index (χ4n) is 2.67. The summed E-state index contributed by atoms with van der Waals surface area (Å²) in [6.07, 6.45) is 2.67.